The van der Waals surface area contributed by atoms with Crippen LogP contribution in [0.15, 0.2) is 54.6 Å². The molecule has 0 bridgehead atoms. The molecule has 1 aliphatic rings. The summed E-state index contributed by atoms with van der Waals surface area (Å²) in [4.78, 5) is 12.2. The highest BCUT2D eigenvalue weighted by Crippen LogP contribution is 2.30. The molecule has 5 heteroatoms. The van der Waals surface area contributed by atoms with Crippen LogP contribution in [0.3, 0.4) is 0 Å². The summed E-state index contributed by atoms with van der Waals surface area (Å²) in [6.07, 6.45) is -0.0516. The van der Waals surface area contributed by atoms with Gasteiger partial charge in [0, 0.05) is 6.54 Å². The molecule has 0 spiro atoms. The highest BCUT2D eigenvalue weighted by Gasteiger charge is 2.24. The monoisotopic (exact) mass is 327 g/mol. The molecule has 5 nitrogen and oxygen atoms in total. The Hall–Kier alpha value is -2.53. The van der Waals surface area contributed by atoms with Crippen molar-refractivity contribution in [1.29, 1.82) is 0 Å². The number of amides is 1. The summed E-state index contributed by atoms with van der Waals surface area (Å²) in [6, 6.07) is 17.4. The number of ether oxygens (including phenoxy) is 2. The first kappa shape index (κ1) is 16.3. The Morgan fingerprint density at radius 1 is 1.17 bits per heavy atom. The number of carbonyl (C=O) groups excluding carboxylic acids is 1. The Labute approximate surface area is 142 Å². The van der Waals surface area contributed by atoms with Crippen LogP contribution in [0.4, 0.5) is 0 Å². The number of nitrogens with two attached hydrogens (primary N) is 1. The molecule has 2 aromatic rings. The largest absolute Gasteiger partial charge is 0.486 e. The Morgan fingerprint density at radius 2 is 1.88 bits per heavy atom. The fourth-order valence-corrected chi connectivity index (χ4v) is 2.59. The first-order valence-corrected chi connectivity index (χ1v) is 8.26. The predicted octanol–water partition coefficient (Wildman–Crippen LogP) is 1.09. The zero-order valence-electron chi connectivity index (χ0n) is 13.8. The van der Waals surface area contributed by atoms with E-state index in [9.17, 15) is 4.79 Å². The number of para-hydroxylation sites is 2. The molecule has 1 aliphatic heterocycles. The van der Waals surface area contributed by atoms with Gasteiger partial charge in [-0.3, -0.25) is 4.79 Å². The zero-order chi connectivity index (χ0) is 16.8. The number of nitrogens with one attached hydrogen (secondary N) is 1. The van der Waals surface area contributed by atoms with Crippen molar-refractivity contribution in [2.75, 3.05) is 13.2 Å². The van der Waals surface area contributed by atoms with Gasteiger partial charge in [0.2, 0.25) is 0 Å². The fourth-order valence-electron chi connectivity index (χ4n) is 2.59. The van der Waals surface area contributed by atoms with Gasteiger partial charge >= 0.3 is 0 Å². The maximum Gasteiger partial charge on any atom is 0.278 e. The molecular weight excluding hydrogens is 304 g/mol. The SMILES string of the molecule is C[C@H]([NH2+]C[C@H]1COc2ccccc2O1)C(=O)NCc1ccccc1. The molecule has 126 valence electrons. The molecule has 0 saturated heterocycles. The summed E-state index contributed by atoms with van der Waals surface area (Å²) in [5.41, 5.74) is 1.10. The topological polar surface area (TPSA) is 64.2 Å². The van der Waals surface area contributed by atoms with Crippen LogP contribution in [0.5, 0.6) is 11.5 Å². The number of carbonyl (C=O) groups is 1. The molecule has 0 saturated carbocycles. The van der Waals surface area contributed by atoms with Crippen molar-refractivity contribution in [3.63, 3.8) is 0 Å². The van der Waals surface area contributed by atoms with E-state index in [0.717, 1.165) is 17.1 Å². The first-order chi connectivity index (χ1) is 11.7. The number of hydrogen-bond donors (Lipinski definition) is 2. The van der Waals surface area contributed by atoms with E-state index >= 15 is 0 Å². The number of benzene rings is 2. The summed E-state index contributed by atoms with van der Waals surface area (Å²) in [7, 11) is 0. The minimum atomic E-state index is -0.172. The van der Waals surface area contributed by atoms with E-state index in [0.29, 0.717) is 19.7 Å². The van der Waals surface area contributed by atoms with Crippen molar-refractivity contribution < 1.29 is 19.6 Å². The molecule has 0 aromatic heterocycles. The van der Waals surface area contributed by atoms with E-state index in [1.165, 1.54) is 0 Å². The summed E-state index contributed by atoms with van der Waals surface area (Å²) < 4.78 is 11.6. The van der Waals surface area contributed by atoms with Crippen LogP contribution in [0.25, 0.3) is 0 Å². The zero-order valence-corrected chi connectivity index (χ0v) is 13.8. The van der Waals surface area contributed by atoms with Gasteiger partial charge in [0.1, 0.15) is 13.2 Å². The van der Waals surface area contributed by atoms with Crippen molar-refractivity contribution in [2.24, 2.45) is 0 Å². The molecule has 24 heavy (non-hydrogen) atoms. The van der Waals surface area contributed by atoms with Gasteiger partial charge in [-0.05, 0) is 24.6 Å². The lowest BCUT2D eigenvalue weighted by molar-refractivity contribution is -0.678. The average molecular weight is 327 g/mol. The van der Waals surface area contributed by atoms with Gasteiger partial charge in [-0.25, -0.2) is 0 Å². The van der Waals surface area contributed by atoms with Gasteiger partial charge < -0.3 is 20.1 Å². The number of fused-ring (bicyclic) bond motifs is 1. The molecule has 3 rings (SSSR count). The lowest BCUT2D eigenvalue weighted by Crippen LogP contribution is -2.94. The van der Waals surface area contributed by atoms with Crippen molar-refractivity contribution in [2.45, 2.75) is 25.6 Å². The maximum absolute atomic E-state index is 12.2. The third-order valence-corrected chi connectivity index (χ3v) is 4.04. The third kappa shape index (κ3) is 4.26. The lowest BCUT2D eigenvalue weighted by atomic mass is 10.2. The highest BCUT2D eigenvalue weighted by atomic mass is 16.6. The van der Waals surface area contributed by atoms with Gasteiger partial charge in [0.15, 0.2) is 23.6 Å². The van der Waals surface area contributed by atoms with Crippen LogP contribution < -0.4 is 20.1 Å². The summed E-state index contributed by atoms with van der Waals surface area (Å²) >= 11 is 0. The van der Waals surface area contributed by atoms with Gasteiger partial charge in [0.25, 0.3) is 5.91 Å². The maximum atomic E-state index is 12.2. The van der Waals surface area contributed by atoms with Crippen LogP contribution >= 0.6 is 0 Å². The van der Waals surface area contributed by atoms with E-state index in [1.54, 1.807) is 0 Å². The van der Waals surface area contributed by atoms with Crippen molar-refractivity contribution in [3.05, 3.63) is 60.2 Å². The fraction of sp³-hybridized carbons (Fsp3) is 0.316. The predicted molar refractivity (Wildman–Crippen MR) is 90.9 cm³/mol. The van der Waals surface area contributed by atoms with Gasteiger partial charge in [0.05, 0.1) is 0 Å². The molecule has 0 aliphatic carbocycles. The van der Waals surface area contributed by atoms with E-state index < -0.39 is 0 Å². The van der Waals surface area contributed by atoms with Crippen LogP contribution in [0.1, 0.15) is 12.5 Å². The number of hydrogen-bond acceptors (Lipinski definition) is 3. The summed E-state index contributed by atoms with van der Waals surface area (Å²) in [5.74, 6) is 1.57. The molecule has 0 radical (unpaired) electrons. The average Bonchev–Trinajstić information content (AvgIpc) is 2.64. The Balaban J connectivity index is 1.42. The Morgan fingerprint density at radius 3 is 2.67 bits per heavy atom. The Bertz CT molecular complexity index is 675. The second-order valence-corrected chi connectivity index (χ2v) is 5.96. The quantitative estimate of drug-likeness (QED) is 0.835. The van der Waals surface area contributed by atoms with Gasteiger partial charge in [-0.2, -0.15) is 0 Å². The summed E-state index contributed by atoms with van der Waals surface area (Å²) in [6.45, 7) is 3.63. The first-order valence-electron chi connectivity index (χ1n) is 8.26. The van der Waals surface area contributed by atoms with Gasteiger partial charge in [-0.15, -0.1) is 0 Å². The minimum absolute atomic E-state index is 0.0241. The van der Waals surface area contributed by atoms with E-state index in [2.05, 4.69) is 5.32 Å². The Kier molecular flexibility index (Phi) is 5.33. The molecule has 2 atom stereocenters. The molecule has 2 aromatic carbocycles. The molecule has 1 heterocycles. The lowest BCUT2D eigenvalue weighted by Gasteiger charge is -2.26. The van der Waals surface area contributed by atoms with Crippen molar-refractivity contribution in [1.82, 2.24) is 5.32 Å². The minimum Gasteiger partial charge on any atom is -0.486 e. The standard InChI is InChI=1S/C19H22N2O3/c1-14(19(22)21-11-15-7-3-2-4-8-15)20-12-16-13-23-17-9-5-6-10-18(17)24-16/h2-10,14,16,20H,11-13H2,1H3,(H,21,22)/p+1/t14-,16-/m0/s1. The van der Waals surface area contributed by atoms with Crippen LogP contribution in [0, 0.1) is 0 Å². The number of quaternary nitrogens is 1. The van der Waals surface area contributed by atoms with E-state index in [-0.39, 0.29) is 18.1 Å². The summed E-state index contributed by atoms with van der Waals surface area (Å²) in [5, 5.41) is 4.95. The molecule has 3 N–H and O–H groups in total. The molecule has 1 amide bonds. The van der Waals surface area contributed by atoms with Crippen LogP contribution in [0.2, 0.25) is 0 Å². The molecule has 0 fully saturated rings. The smallest absolute Gasteiger partial charge is 0.278 e. The second-order valence-electron chi connectivity index (χ2n) is 5.96. The molecule has 0 unspecified atom stereocenters. The van der Waals surface area contributed by atoms with E-state index in [1.807, 2.05) is 66.8 Å². The van der Waals surface area contributed by atoms with Crippen LogP contribution in [-0.4, -0.2) is 31.2 Å². The van der Waals surface area contributed by atoms with E-state index in [4.69, 9.17) is 9.47 Å². The third-order valence-electron chi connectivity index (χ3n) is 4.04. The normalized spacial score (nSPS) is 17.1. The van der Waals surface area contributed by atoms with Crippen molar-refractivity contribution >= 4 is 5.91 Å². The number of rotatable bonds is 6. The van der Waals surface area contributed by atoms with Crippen LogP contribution in [-0.2, 0) is 11.3 Å². The second kappa shape index (κ2) is 7.84. The van der Waals surface area contributed by atoms with Crippen molar-refractivity contribution in [3.8, 4) is 11.5 Å². The van der Waals surface area contributed by atoms with Gasteiger partial charge in [-0.1, -0.05) is 42.5 Å². The molecular formula is C19H23N2O3+. The highest BCUT2D eigenvalue weighted by molar-refractivity contribution is 5.79.